The van der Waals surface area contributed by atoms with Crippen LogP contribution in [-0.2, 0) is 17.1 Å². The van der Waals surface area contributed by atoms with Crippen molar-refractivity contribution in [1.29, 1.82) is 0 Å². The number of aromatic nitrogens is 3. The minimum atomic E-state index is -3.73. The van der Waals surface area contributed by atoms with Crippen molar-refractivity contribution in [2.75, 3.05) is 6.54 Å². The number of hydrogen-bond donors (Lipinski definition) is 2. The highest BCUT2D eigenvalue weighted by atomic mass is 79.9. The Kier molecular flexibility index (Phi) is 3.72. The fourth-order valence-corrected chi connectivity index (χ4v) is 3.24. The summed E-state index contributed by atoms with van der Waals surface area (Å²) in [7, 11) is -2.26. The smallest absolute Gasteiger partial charge is 0.260 e. The van der Waals surface area contributed by atoms with E-state index in [0.29, 0.717) is 0 Å². The van der Waals surface area contributed by atoms with Gasteiger partial charge in [0, 0.05) is 13.6 Å². The van der Waals surface area contributed by atoms with Gasteiger partial charge in [-0.05, 0) is 29.8 Å². The van der Waals surface area contributed by atoms with Gasteiger partial charge in [0.15, 0.2) is 4.60 Å². The number of rotatable bonds is 4. The van der Waals surface area contributed by atoms with Gasteiger partial charge < -0.3 is 5.11 Å². The highest BCUT2D eigenvalue weighted by molar-refractivity contribution is 9.10. The van der Waals surface area contributed by atoms with Crippen LogP contribution in [0.4, 0.5) is 0 Å². The van der Waals surface area contributed by atoms with E-state index < -0.39 is 15.6 Å². The summed E-state index contributed by atoms with van der Waals surface area (Å²) in [6.45, 7) is 2.92. The molecule has 7 nitrogen and oxygen atoms in total. The van der Waals surface area contributed by atoms with Gasteiger partial charge >= 0.3 is 0 Å². The monoisotopic (exact) mass is 312 g/mol. The number of aliphatic hydroxyl groups is 1. The van der Waals surface area contributed by atoms with Crippen LogP contribution >= 0.6 is 15.9 Å². The third-order valence-electron chi connectivity index (χ3n) is 1.69. The third kappa shape index (κ3) is 3.24. The summed E-state index contributed by atoms with van der Waals surface area (Å²) in [5, 5.41) is 16.5. The van der Waals surface area contributed by atoms with Crippen molar-refractivity contribution in [3.8, 4) is 0 Å². The molecule has 9 heteroatoms. The van der Waals surface area contributed by atoms with Gasteiger partial charge in [-0.2, -0.15) is 0 Å². The number of aryl methyl sites for hydroxylation is 1. The fourth-order valence-electron chi connectivity index (χ4n) is 0.948. The normalized spacial score (nSPS) is 13.1. The Balaban J connectivity index is 2.96. The summed E-state index contributed by atoms with van der Waals surface area (Å²) in [5.41, 5.74) is -1.12. The molecule has 0 spiro atoms. The molecule has 2 N–H and O–H groups in total. The number of hydrogen-bond acceptors (Lipinski definition) is 5. The van der Waals surface area contributed by atoms with E-state index in [1.165, 1.54) is 20.9 Å². The summed E-state index contributed by atoms with van der Waals surface area (Å²) < 4.78 is 27.2. The van der Waals surface area contributed by atoms with Gasteiger partial charge in [-0.3, -0.25) is 0 Å². The number of sulfonamides is 1. The van der Waals surface area contributed by atoms with Crippen LogP contribution in [0.2, 0.25) is 0 Å². The predicted molar refractivity (Wildman–Crippen MR) is 60.2 cm³/mol. The fraction of sp³-hybridized carbons (Fsp3) is 0.714. The summed E-state index contributed by atoms with van der Waals surface area (Å²) in [6, 6.07) is 0. The second-order valence-corrected chi connectivity index (χ2v) is 6.38. The second-order valence-electron chi connectivity index (χ2n) is 3.95. The molecule has 0 amide bonds. The topological polar surface area (TPSA) is 97.1 Å². The number of nitrogens with one attached hydrogen (secondary N) is 1. The van der Waals surface area contributed by atoms with E-state index in [1.54, 1.807) is 0 Å². The molecule has 0 saturated carbocycles. The first-order chi connectivity index (χ1) is 7.13. The molecule has 0 aliphatic carbocycles. The maximum atomic E-state index is 11.8. The molecule has 0 atom stereocenters. The average Bonchev–Trinajstić information content (AvgIpc) is 2.42. The Hall–Kier alpha value is -0.510. The summed E-state index contributed by atoms with van der Waals surface area (Å²) in [6.07, 6.45) is 0. The largest absolute Gasteiger partial charge is 0.389 e. The summed E-state index contributed by atoms with van der Waals surface area (Å²) in [4.78, 5) is 0. The molecule has 0 saturated heterocycles. The Bertz CT molecular complexity index is 457. The zero-order valence-corrected chi connectivity index (χ0v) is 11.5. The maximum Gasteiger partial charge on any atom is 0.260 e. The van der Waals surface area contributed by atoms with Crippen LogP contribution in [0.25, 0.3) is 0 Å². The molecule has 0 aromatic carbocycles. The van der Waals surface area contributed by atoms with Crippen LogP contribution in [0.3, 0.4) is 0 Å². The Morgan fingerprint density at radius 3 is 2.50 bits per heavy atom. The zero-order valence-electron chi connectivity index (χ0n) is 9.10. The van der Waals surface area contributed by atoms with E-state index in [-0.39, 0.29) is 16.2 Å². The van der Waals surface area contributed by atoms with Crippen LogP contribution in [-0.4, -0.2) is 40.7 Å². The molecule has 1 rings (SSSR count). The molecule has 1 aromatic rings. The van der Waals surface area contributed by atoms with Crippen LogP contribution in [0.15, 0.2) is 9.63 Å². The van der Waals surface area contributed by atoms with E-state index in [4.69, 9.17) is 0 Å². The molecule has 0 aliphatic heterocycles. The summed E-state index contributed by atoms with van der Waals surface area (Å²) >= 11 is 3.00. The van der Waals surface area contributed by atoms with Gasteiger partial charge in [0.2, 0.25) is 5.03 Å². The molecule has 92 valence electrons. The van der Waals surface area contributed by atoms with Gasteiger partial charge in [-0.25, -0.2) is 17.8 Å². The molecule has 1 heterocycles. The van der Waals surface area contributed by atoms with Gasteiger partial charge in [-0.1, -0.05) is 5.21 Å². The van der Waals surface area contributed by atoms with Crippen molar-refractivity contribution in [2.45, 2.75) is 24.5 Å². The zero-order chi connectivity index (χ0) is 12.6. The Labute approximate surface area is 102 Å². The van der Waals surface area contributed by atoms with Crippen molar-refractivity contribution < 1.29 is 13.5 Å². The highest BCUT2D eigenvalue weighted by Crippen LogP contribution is 2.17. The van der Waals surface area contributed by atoms with E-state index in [2.05, 4.69) is 31.0 Å². The molecule has 1 aromatic heterocycles. The van der Waals surface area contributed by atoms with Crippen LogP contribution in [0.1, 0.15) is 13.8 Å². The predicted octanol–water partition coefficient (Wildman–Crippen LogP) is -0.373. The van der Waals surface area contributed by atoms with E-state index in [9.17, 15) is 13.5 Å². The van der Waals surface area contributed by atoms with Crippen LogP contribution in [0.5, 0.6) is 0 Å². The van der Waals surface area contributed by atoms with Crippen molar-refractivity contribution in [2.24, 2.45) is 7.05 Å². The standard InChI is InChI=1S/C7H13BrN4O3S/c1-7(2,13)4-9-16(14,15)6-5(8)10-11-12(6)3/h9,13H,4H2,1-3H3. The van der Waals surface area contributed by atoms with E-state index >= 15 is 0 Å². The second kappa shape index (κ2) is 4.40. The third-order valence-corrected chi connectivity index (χ3v) is 3.97. The van der Waals surface area contributed by atoms with Gasteiger partial charge in [0.05, 0.1) is 5.60 Å². The van der Waals surface area contributed by atoms with Gasteiger partial charge in [0.1, 0.15) is 0 Å². The van der Waals surface area contributed by atoms with E-state index in [1.807, 2.05) is 0 Å². The molecular weight excluding hydrogens is 300 g/mol. The van der Waals surface area contributed by atoms with Gasteiger partial charge in [0.25, 0.3) is 10.0 Å². The van der Waals surface area contributed by atoms with Crippen molar-refractivity contribution in [3.63, 3.8) is 0 Å². The maximum absolute atomic E-state index is 11.8. The lowest BCUT2D eigenvalue weighted by Gasteiger charge is -2.17. The first kappa shape index (κ1) is 13.6. The quantitative estimate of drug-likeness (QED) is 0.790. The Morgan fingerprint density at radius 1 is 1.56 bits per heavy atom. The number of halogens is 1. The minimum absolute atomic E-state index is 0.0725. The molecule has 0 bridgehead atoms. The molecule has 0 aliphatic rings. The van der Waals surface area contributed by atoms with E-state index in [0.717, 1.165) is 4.68 Å². The molecule has 0 fully saturated rings. The van der Waals surface area contributed by atoms with Crippen molar-refractivity contribution in [1.82, 2.24) is 19.7 Å². The van der Waals surface area contributed by atoms with Gasteiger partial charge in [-0.15, -0.1) is 5.10 Å². The molecule has 0 unspecified atom stereocenters. The van der Waals surface area contributed by atoms with Crippen LogP contribution < -0.4 is 4.72 Å². The SMILES string of the molecule is Cn1nnc(Br)c1S(=O)(=O)NCC(C)(C)O. The molecular formula is C7H13BrN4O3S. The molecule has 0 radical (unpaired) electrons. The number of nitrogens with zero attached hydrogens (tertiary/aromatic N) is 3. The molecule has 16 heavy (non-hydrogen) atoms. The summed E-state index contributed by atoms with van der Waals surface area (Å²) in [5.74, 6) is 0. The highest BCUT2D eigenvalue weighted by Gasteiger charge is 2.25. The van der Waals surface area contributed by atoms with Crippen molar-refractivity contribution >= 4 is 26.0 Å². The first-order valence-electron chi connectivity index (χ1n) is 4.41. The minimum Gasteiger partial charge on any atom is -0.389 e. The lowest BCUT2D eigenvalue weighted by Crippen LogP contribution is -2.38. The average molecular weight is 313 g/mol. The first-order valence-corrected chi connectivity index (χ1v) is 6.68. The Morgan fingerprint density at radius 2 is 2.12 bits per heavy atom. The van der Waals surface area contributed by atoms with Crippen molar-refractivity contribution in [3.05, 3.63) is 4.60 Å². The lowest BCUT2D eigenvalue weighted by atomic mass is 10.1. The lowest BCUT2D eigenvalue weighted by molar-refractivity contribution is 0.0856. The van der Waals surface area contributed by atoms with Crippen LogP contribution in [0, 0.1) is 0 Å².